The van der Waals surface area contributed by atoms with Gasteiger partial charge in [0.1, 0.15) is 4.21 Å². The molecule has 0 bridgehead atoms. The number of piperidine rings is 1. The average molecular weight is 391 g/mol. The fourth-order valence-corrected chi connectivity index (χ4v) is 5.27. The van der Waals surface area contributed by atoms with Gasteiger partial charge in [-0.2, -0.15) is 0 Å². The van der Waals surface area contributed by atoms with Gasteiger partial charge in [0.05, 0.1) is 0 Å². The summed E-state index contributed by atoms with van der Waals surface area (Å²) < 4.78 is 27.6. The highest BCUT2D eigenvalue weighted by molar-refractivity contribution is 7.91. The van der Waals surface area contributed by atoms with Crippen LogP contribution < -0.4 is 4.72 Å². The highest BCUT2D eigenvalue weighted by Crippen LogP contribution is 2.19. The van der Waals surface area contributed by atoms with Crippen LogP contribution in [0.1, 0.15) is 24.0 Å². The monoisotopic (exact) mass is 390 g/mol. The molecule has 0 radical (unpaired) electrons. The minimum atomic E-state index is -3.45. The molecule has 1 saturated heterocycles. The van der Waals surface area contributed by atoms with E-state index in [1.807, 2.05) is 37.3 Å². The molecule has 7 heteroatoms. The zero-order valence-corrected chi connectivity index (χ0v) is 16.2. The molecule has 0 unspecified atom stereocenters. The van der Waals surface area contributed by atoms with Crippen LogP contribution in [0.15, 0.2) is 52.1 Å². The standard InChI is InChI=1S/C19H22N2O3S2/c1-15-4-2-5-16(14-15)7-8-18(22)21-11-9-17(10-12-21)20-26(23,24)19-6-3-13-25-19/h2-8,13-14,17,20H,9-12H2,1H3/b8-7+. The van der Waals surface area contributed by atoms with E-state index in [2.05, 4.69) is 4.72 Å². The molecule has 1 fully saturated rings. The van der Waals surface area contributed by atoms with Crippen LogP contribution in [0.25, 0.3) is 6.08 Å². The molecule has 0 spiro atoms. The summed E-state index contributed by atoms with van der Waals surface area (Å²) in [6.45, 7) is 3.12. The third-order valence-electron chi connectivity index (χ3n) is 4.35. The van der Waals surface area contributed by atoms with Crippen LogP contribution in [0.5, 0.6) is 0 Å². The van der Waals surface area contributed by atoms with Gasteiger partial charge in [-0.25, -0.2) is 13.1 Å². The van der Waals surface area contributed by atoms with Crippen molar-refractivity contribution in [1.29, 1.82) is 0 Å². The van der Waals surface area contributed by atoms with Crippen LogP contribution in [0.4, 0.5) is 0 Å². The first-order valence-electron chi connectivity index (χ1n) is 8.53. The van der Waals surface area contributed by atoms with Crippen molar-refractivity contribution < 1.29 is 13.2 Å². The molecular weight excluding hydrogens is 368 g/mol. The van der Waals surface area contributed by atoms with Crippen molar-refractivity contribution in [2.24, 2.45) is 0 Å². The van der Waals surface area contributed by atoms with Crippen molar-refractivity contribution in [2.75, 3.05) is 13.1 Å². The van der Waals surface area contributed by atoms with Crippen molar-refractivity contribution in [3.63, 3.8) is 0 Å². The number of hydrogen-bond acceptors (Lipinski definition) is 4. The van der Waals surface area contributed by atoms with E-state index in [1.165, 1.54) is 11.3 Å². The Morgan fingerprint density at radius 3 is 2.65 bits per heavy atom. The lowest BCUT2D eigenvalue weighted by atomic mass is 10.1. The second-order valence-corrected chi connectivity index (χ2v) is 9.29. The maximum Gasteiger partial charge on any atom is 0.250 e. The van der Waals surface area contributed by atoms with E-state index in [1.54, 1.807) is 28.5 Å². The van der Waals surface area contributed by atoms with Gasteiger partial charge in [-0.1, -0.05) is 35.9 Å². The molecule has 1 aromatic carbocycles. The van der Waals surface area contributed by atoms with Crippen LogP contribution in [-0.4, -0.2) is 38.4 Å². The van der Waals surface area contributed by atoms with Crippen molar-refractivity contribution in [1.82, 2.24) is 9.62 Å². The summed E-state index contributed by atoms with van der Waals surface area (Å²) >= 11 is 1.21. The molecule has 3 rings (SSSR count). The number of hydrogen-bond donors (Lipinski definition) is 1. The molecule has 2 heterocycles. The quantitative estimate of drug-likeness (QED) is 0.798. The second kappa shape index (κ2) is 8.16. The van der Waals surface area contributed by atoms with Gasteiger partial charge in [-0.3, -0.25) is 4.79 Å². The average Bonchev–Trinajstić information content (AvgIpc) is 3.16. The molecule has 0 atom stereocenters. The van der Waals surface area contributed by atoms with Gasteiger partial charge in [0, 0.05) is 25.2 Å². The number of carbonyl (C=O) groups excluding carboxylic acids is 1. The molecule has 5 nitrogen and oxygen atoms in total. The smallest absolute Gasteiger partial charge is 0.250 e. The number of nitrogens with one attached hydrogen (secondary N) is 1. The third-order valence-corrected chi connectivity index (χ3v) is 7.27. The number of benzene rings is 1. The first-order valence-corrected chi connectivity index (χ1v) is 10.9. The number of rotatable bonds is 5. The predicted molar refractivity (Wildman–Crippen MR) is 104 cm³/mol. The Kier molecular flexibility index (Phi) is 5.90. The highest BCUT2D eigenvalue weighted by atomic mass is 32.2. The lowest BCUT2D eigenvalue weighted by Crippen LogP contribution is -2.46. The Morgan fingerprint density at radius 2 is 2.00 bits per heavy atom. The number of amides is 1. The maximum absolute atomic E-state index is 12.3. The predicted octanol–water partition coefficient (Wildman–Crippen LogP) is 3.04. The number of sulfonamides is 1. The molecule has 2 aromatic rings. The summed E-state index contributed by atoms with van der Waals surface area (Å²) in [6.07, 6.45) is 4.65. The van der Waals surface area contributed by atoms with Gasteiger partial charge in [0.15, 0.2) is 0 Å². The van der Waals surface area contributed by atoms with Gasteiger partial charge in [-0.15, -0.1) is 11.3 Å². The zero-order chi connectivity index (χ0) is 18.6. The molecule has 1 aliphatic rings. The van der Waals surface area contributed by atoms with E-state index in [4.69, 9.17) is 0 Å². The molecule has 0 saturated carbocycles. The zero-order valence-electron chi connectivity index (χ0n) is 14.6. The Labute approximate surface area is 158 Å². The van der Waals surface area contributed by atoms with E-state index in [-0.39, 0.29) is 11.9 Å². The highest BCUT2D eigenvalue weighted by Gasteiger charge is 2.26. The first-order chi connectivity index (χ1) is 12.4. The lowest BCUT2D eigenvalue weighted by molar-refractivity contribution is -0.126. The Hall–Kier alpha value is -1.96. The van der Waals surface area contributed by atoms with Gasteiger partial charge < -0.3 is 4.90 Å². The van der Waals surface area contributed by atoms with Gasteiger partial charge in [0.2, 0.25) is 15.9 Å². The molecule has 26 heavy (non-hydrogen) atoms. The van der Waals surface area contributed by atoms with Crippen LogP contribution in [0.2, 0.25) is 0 Å². The van der Waals surface area contributed by atoms with Gasteiger partial charge >= 0.3 is 0 Å². The topological polar surface area (TPSA) is 66.5 Å². The lowest BCUT2D eigenvalue weighted by Gasteiger charge is -2.31. The summed E-state index contributed by atoms with van der Waals surface area (Å²) in [5.74, 6) is -0.0360. The molecule has 0 aliphatic carbocycles. The maximum atomic E-state index is 12.3. The molecule has 1 aliphatic heterocycles. The number of nitrogens with zero attached hydrogens (tertiary/aromatic N) is 1. The second-order valence-electron chi connectivity index (χ2n) is 6.40. The Balaban J connectivity index is 1.52. The SMILES string of the molecule is Cc1cccc(/C=C/C(=O)N2CCC(NS(=O)(=O)c3cccs3)CC2)c1. The van der Waals surface area contributed by atoms with Crippen molar-refractivity contribution in [3.05, 3.63) is 59.0 Å². The normalized spacial score (nSPS) is 16.3. The first kappa shape index (κ1) is 18.8. The van der Waals surface area contributed by atoms with E-state index in [0.29, 0.717) is 30.1 Å². The number of carbonyl (C=O) groups is 1. The van der Waals surface area contributed by atoms with E-state index in [9.17, 15) is 13.2 Å². The van der Waals surface area contributed by atoms with E-state index >= 15 is 0 Å². The summed E-state index contributed by atoms with van der Waals surface area (Å²) in [5, 5.41) is 1.75. The minimum absolute atomic E-state index is 0.0360. The Bertz CT molecular complexity index is 881. The van der Waals surface area contributed by atoms with Crippen LogP contribution in [0.3, 0.4) is 0 Å². The van der Waals surface area contributed by atoms with Crippen LogP contribution >= 0.6 is 11.3 Å². The molecule has 1 amide bonds. The summed E-state index contributed by atoms with van der Waals surface area (Å²) in [4.78, 5) is 14.1. The van der Waals surface area contributed by atoms with Crippen LogP contribution in [0, 0.1) is 6.92 Å². The largest absolute Gasteiger partial charge is 0.339 e. The molecule has 1 N–H and O–H groups in total. The van der Waals surface area contributed by atoms with Crippen molar-refractivity contribution in [3.8, 4) is 0 Å². The van der Waals surface area contributed by atoms with Crippen molar-refractivity contribution in [2.45, 2.75) is 30.0 Å². The summed E-state index contributed by atoms with van der Waals surface area (Å²) in [5.41, 5.74) is 2.15. The fourth-order valence-electron chi connectivity index (χ4n) is 2.96. The minimum Gasteiger partial charge on any atom is -0.339 e. The third kappa shape index (κ3) is 4.81. The number of thiophene rings is 1. The van der Waals surface area contributed by atoms with E-state index in [0.717, 1.165) is 11.1 Å². The molecule has 138 valence electrons. The number of aryl methyl sites for hydroxylation is 1. The van der Waals surface area contributed by atoms with Crippen molar-refractivity contribution >= 4 is 33.3 Å². The van der Waals surface area contributed by atoms with Crippen LogP contribution in [-0.2, 0) is 14.8 Å². The summed E-state index contributed by atoms with van der Waals surface area (Å²) in [6, 6.07) is 11.2. The summed E-state index contributed by atoms with van der Waals surface area (Å²) in [7, 11) is -3.45. The number of likely N-dealkylation sites (tertiary alicyclic amines) is 1. The Morgan fingerprint density at radius 1 is 1.23 bits per heavy atom. The van der Waals surface area contributed by atoms with Gasteiger partial charge in [-0.05, 0) is 42.9 Å². The van der Waals surface area contributed by atoms with E-state index < -0.39 is 10.0 Å². The van der Waals surface area contributed by atoms with Gasteiger partial charge in [0.25, 0.3) is 0 Å². The molecular formula is C19H22N2O3S2. The fraction of sp³-hybridized carbons (Fsp3) is 0.316. The molecule has 1 aromatic heterocycles.